The molecule has 0 aliphatic heterocycles. The molecule has 0 bridgehead atoms. The zero-order valence-electron chi connectivity index (χ0n) is 12.3. The molecule has 0 spiro atoms. The Morgan fingerprint density at radius 1 is 1.09 bits per heavy atom. The van der Waals surface area contributed by atoms with Gasteiger partial charge in [-0.15, -0.1) is 23.2 Å². The Hall–Kier alpha value is -1.84. The smallest absolute Gasteiger partial charge is 0.244 e. The highest BCUT2D eigenvalue weighted by atomic mass is 35.5. The van der Waals surface area contributed by atoms with Crippen LogP contribution in [0.25, 0.3) is 0 Å². The Morgan fingerprint density at radius 3 is 2.35 bits per heavy atom. The Balaban J connectivity index is 1.55. The lowest BCUT2D eigenvalue weighted by molar-refractivity contribution is -0.120. The summed E-state index contributed by atoms with van der Waals surface area (Å²) in [6.45, 7) is 0. The number of hydrogen-bond donors (Lipinski definition) is 1. The number of nitrogens with zero attached hydrogens (tertiary/aromatic N) is 1. The summed E-state index contributed by atoms with van der Waals surface area (Å²) in [6.07, 6.45) is 1.92. The first kappa shape index (κ1) is 16.0. The summed E-state index contributed by atoms with van der Waals surface area (Å²) in [6, 6.07) is 19.3. The normalized spacial score (nSPS) is 22.0. The number of hydrazone groups is 1. The van der Waals surface area contributed by atoms with Crippen molar-refractivity contribution in [2.45, 2.75) is 16.7 Å². The zero-order chi connectivity index (χ0) is 16.3. The van der Waals surface area contributed by atoms with Crippen LogP contribution in [-0.2, 0) is 11.2 Å². The molecule has 1 aliphatic rings. The number of alkyl halides is 2. The fourth-order valence-corrected chi connectivity index (χ4v) is 3.40. The molecular weight excluding hydrogens is 331 g/mol. The third kappa shape index (κ3) is 3.74. The van der Waals surface area contributed by atoms with E-state index in [1.54, 1.807) is 6.21 Å². The van der Waals surface area contributed by atoms with Crippen LogP contribution in [-0.4, -0.2) is 16.5 Å². The molecule has 0 aromatic heterocycles. The number of carbonyl (C=O) groups excluding carboxylic acids is 1. The molecule has 3 rings (SSSR count). The molecule has 2 aromatic rings. The second-order valence-corrected chi connectivity index (χ2v) is 7.01. The van der Waals surface area contributed by atoms with Crippen molar-refractivity contribution in [1.82, 2.24) is 5.43 Å². The van der Waals surface area contributed by atoms with E-state index in [0.717, 1.165) is 11.1 Å². The van der Waals surface area contributed by atoms with Gasteiger partial charge in [0.05, 0.1) is 6.42 Å². The lowest BCUT2D eigenvalue weighted by Crippen LogP contribution is -2.20. The van der Waals surface area contributed by atoms with Gasteiger partial charge in [0.15, 0.2) is 0 Å². The van der Waals surface area contributed by atoms with Gasteiger partial charge in [-0.3, -0.25) is 4.79 Å². The topological polar surface area (TPSA) is 41.5 Å². The molecule has 1 amide bonds. The van der Waals surface area contributed by atoms with Crippen molar-refractivity contribution < 1.29 is 4.79 Å². The van der Waals surface area contributed by atoms with E-state index in [0.29, 0.717) is 0 Å². The van der Waals surface area contributed by atoms with Gasteiger partial charge in [0.25, 0.3) is 0 Å². The number of benzene rings is 2. The van der Waals surface area contributed by atoms with Crippen LogP contribution in [0.15, 0.2) is 65.8 Å². The monoisotopic (exact) mass is 346 g/mol. The fourth-order valence-electron chi connectivity index (χ4n) is 2.64. The van der Waals surface area contributed by atoms with Gasteiger partial charge in [0.2, 0.25) is 5.91 Å². The minimum Gasteiger partial charge on any atom is -0.273 e. The van der Waals surface area contributed by atoms with E-state index in [1.165, 1.54) is 0 Å². The van der Waals surface area contributed by atoms with Crippen LogP contribution in [0.5, 0.6) is 0 Å². The van der Waals surface area contributed by atoms with E-state index in [1.807, 2.05) is 60.7 Å². The van der Waals surface area contributed by atoms with Crippen LogP contribution in [0.1, 0.15) is 17.0 Å². The molecule has 2 aromatic carbocycles. The average molecular weight is 347 g/mol. The molecule has 1 aliphatic carbocycles. The lowest BCUT2D eigenvalue weighted by Gasteiger charge is -1.99. The fraction of sp³-hybridized carbons (Fsp3) is 0.222. The number of amides is 1. The minimum absolute atomic E-state index is 0.00167. The zero-order valence-corrected chi connectivity index (χ0v) is 13.8. The second kappa shape index (κ2) is 6.73. The van der Waals surface area contributed by atoms with Gasteiger partial charge < -0.3 is 0 Å². The Morgan fingerprint density at radius 2 is 1.70 bits per heavy atom. The molecule has 0 unspecified atom stereocenters. The number of hydrogen-bond acceptors (Lipinski definition) is 2. The maximum atomic E-state index is 11.8. The number of halogens is 2. The summed E-state index contributed by atoms with van der Waals surface area (Å²) in [4.78, 5) is 11.8. The van der Waals surface area contributed by atoms with Gasteiger partial charge >= 0.3 is 0 Å². The maximum Gasteiger partial charge on any atom is 0.244 e. The van der Waals surface area contributed by atoms with Crippen LogP contribution < -0.4 is 5.43 Å². The number of carbonyl (C=O) groups is 1. The van der Waals surface area contributed by atoms with E-state index in [9.17, 15) is 4.79 Å². The first-order valence-corrected chi connectivity index (χ1v) is 8.13. The van der Waals surface area contributed by atoms with E-state index in [-0.39, 0.29) is 24.2 Å². The van der Waals surface area contributed by atoms with Crippen molar-refractivity contribution in [2.24, 2.45) is 11.0 Å². The molecular formula is C18H16Cl2N2O. The van der Waals surface area contributed by atoms with Crippen LogP contribution in [0.3, 0.4) is 0 Å². The molecule has 1 fully saturated rings. The molecule has 5 heteroatoms. The van der Waals surface area contributed by atoms with E-state index in [2.05, 4.69) is 10.5 Å². The largest absolute Gasteiger partial charge is 0.273 e. The molecule has 23 heavy (non-hydrogen) atoms. The Kier molecular flexibility index (Phi) is 4.69. The summed E-state index contributed by atoms with van der Waals surface area (Å²) < 4.78 is -0.866. The predicted octanol–water partition coefficient (Wildman–Crippen LogP) is 3.92. The quantitative estimate of drug-likeness (QED) is 0.497. The number of nitrogens with one attached hydrogen (secondary N) is 1. The van der Waals surface area contributed by atoms with Gasteiger partial charge in [-0.25, -0.2) is 5.43 Å². The third-order valence-corrected chi connectivity index (χ3v) is 4.87. The first-order valence-electron chi connectivity index (χ1n) is 7.38. The number of rotatable bonds is 5. The van der Waals surface area contributed by atoms with E-state index >= 15 is 0 Å². The van der Waals surface area contributed by atoms with Crippen LogP contribution >= 0.6 is 23.2 Å². The standard InChI is InChI=1S/C18H16Cl2N2O/c19-18(20)15(17(18)14-9-5-2-6-10-14)12-21-22-16(23)11-13-7-3-1-4-8-13/h1-10,12,15,17H,11H2,(H,22,23)/b21-12-/t15-,17+/m0/s1. The van der Waals surface area contributed by atoms with Gasteiger partial charge in [-0.1, -0.05) is 60.7 Å². The minimum atomic E-state index is -0.866. The van der Waals surface area contributed by atoms with Crippen molar-refractivity contribution in [3.63, 3.8) is 0 Å². The molecule has 0 radical (unpaired) electrons. The van der Waals surface area contributed by atoms with Gasteiger partial charge in [0, 0.05) is 18.1 Å². The summed E-state index contributed by atoms with van der Waals surface area (Å²) in [5.41, 5.74) is 4.54. The highest BCUT2D eigenvalue weighted by Crippen LogP contribution is 2.63. The summed E-state index contributed by atoms with van der Waals surface area (Å²) in [5.74, 6) is -0.272. The molecule has 0 heterocycles. The van der Waals surface area contributed by atoms with Crippen molar-refractivity contribution in [2.75, 3.05) is 0 Å². The third-order valence-electron chi connectivity index (χ3n) is 3.90. The van der Waals surface area contributed by atoms with Crippen LogP contribution in [0, 0.1) is 5.92 Å². The summed E-state index contributed by atoms with van der Waals surface area (Å²) in [5, 5.41) is 4.01. The first-order chi connectivity index (χ1) is 11.1. The summed E-state index contributed by atoms with van der Waals surface area (Å²) >= 11 is 12.6. The van der Waals surface area contributed by atoms with Crippen LogP contribution in [0.4, 0.5) is 0 Å². The van der Waals surface area contributed by atoms with E-state index in [4.69, 9.17) is 23.2 Å². The van der Waals surface area contributed by atoms with E-state index < -0.39 is 4.33 Å². The molecule has 118 valence electrons. The molecule has 2 atom stereocenters. The summed E-state index contributed by atoms with van der Waals surface area (Å²) in [7, 11) is 0. The molecule has 1 saturated carbocycles. The van der Waals surface area contributed by atoms with Gasteiger partial charge in [-0.05, 0) is 11.1 Å². The Bertz CT molecular complexity index is 701. The second-order valence-electron chi connectivity index (χ2n) is 5.56. The maximum absolute atomic E-state index is 11.8. The van der Waals surface area contributed by atoms with Gasteiger partial charge in [0.1, 0.15) is 4.33 Å². The highest BCUT2D eigenvalue weighted by molar-refractivity contribution is 6.53. The SMILES string of the molecule is O=C(Cc1ccccc1)N/N=C\[C@H]1[C@@H](c2ccccc2)C1(Cl)Cl. The average Bonchev–Trinajstić information content (AvgIpc) is 3.10. The highest BCUT2D eigenvalue weighted by Gasteiger charge is 2.63. The predicted molar refractivity (Wildman–Crippen MR) is 93.9 cm³/mol. The van der Waals surface area contributed by atoms with Crippen molar-refractivity contribution in [3.05, 3.63) is 71.8 Å². The van der Waals surface area contributed by atoms with Crippen molar-refractivity contribution in [1.29, 1.82) is 0 Å². The van der Waals surface area contributed by atoms with Crippen molar-refractivity contribution >= 4 is 35.3 Å². The molecule has 3 nitrogen and oxygen atoms in total. The van der Waals surface area contributed by atoms with Crippen molar-refractivity contribution in [3.8, 4) is 0 Å². The van der Waals surface area contributed by atoms with Gasteiger partial charge in [-0.2, -0.15) is 5.10 Å². The molecule has 0 saturated heterocycles. The Labute approximate surface area is 145 Å². The lowest BCUT2D eigenvalue weighted by atomic mass is 10.1. The molecule has 1 N–H and O–H groups in total. The van der Waals surface area contributed by atoms with Crippen LogP contribution in [0.2, 0.25) is 0 Å².